The van der Waals surface area contributed by atoms with Gasteiger partial charge in [0.1, 0.15) is 11.5 Å². The van der Waals surface area contributed by atoms with Crippen LogP contribution in [-0.2, 0) is 10.8 Å². The van der Waals surface area contributed by atoms with Crippen molar-refractivity contribution in [1.29, 1.82) is 0 Å². The molecule has 4 rings (SSSR count). The number of benzene rings is 2. The van der Waals surface area contributed by atoms with Crippen molar-refractivity contribution in [2.75, 3.05) is 0 Å². The van der Waals surface area contributed by atoms with Gasteiger partial charge in [-0.05, 0) is 97.9 Å². The molecule has 0 spiro atoms. The van der Waals surface area contributed by atoms with Crippen molar-refractivity contribution in [2.45, 2.75) is 99.7 Å². The first-order valence-corrected chi connectivity index (χ1v) is 12.7. The molecule has 0 atom stereocenters. The minimum atomic E-state index is -1.34. The third-order valence-corrected chi connectivity index (χ3v) is 8.45. The highest BCUT2D eigenvalue weighted by Crippen LogP contribution is 2.42. The van der Waals surface area contributed by atoms with Crippen LogP contribution in [0.15, 0.2) is 34.1 Å². The molecule has 0 saturated heterocycles. The Morgan fingerprint density at radius 1 is 0.667 bits per heavy atom. The number of phenolic OH excluding ortho intramolecular Hbond substituents is 2. The van der Waals surface area contributed by atoms with Crippen LogP contribution >= 0.6 is 0 Å². The minimum Gasteiger partial charge on any atom is -0.507 e. The summed E-state index contributed by atoms with van der Waals surface area (Å²) in [7, 11) is -1.34. The normalized spacial score (nSPS) is 18.8. The van der Waals surface area contributed by atoms with Crippen LogP contribution in [0.1, 0.15) is 98.3 Å². The van der Waals surface area contributed by atoms with Gasteiger partial charge in [0.25, 0.3) is 0 Å². The lowest BCUT2D eigenvalue weighted by Gasteiger charge is -2.25. The maximum atomic E-state index is 13.6. The van der Waals surface area contributed by atoms with Crippen LogP contribution in [0.2, 0.25) is 0 Å². The van der Waals surface area contributed by atoms with Gasteiger partial charge in [0.05, 0.1) is 10.8 Å². The molecular weight excluding hydrogens is 392 g/mol. The fourth-order valence-electron chi connectivity index (χ4n) is 5.35. The van der Waals surface area contributed by atoms with E-state index in [0.29, 0.717) is 23.3 Å². The number of phenols is 2. The summed E-state index contributed by atoms with van der Waals surface area (Å²) in [6.07, 6.45) is 11.7. The molecule has 0 bridgehead atoms. The highest BCUT2D eigenvalue weighted by molar-refractivity contribution is 7.85. The van der Waals surface area contributed by atoms with Crippen molar-refractivity contribution in [3.63, 3.8) is 0 Å². The Morgan fingerprint density at radius 3 is 1.40 bits per heavy atom. The van der Waals surface area contributed by atoms with Crippen LogP contribution in [0.25, 0.3) is 0 Å². The fourth-order valence-corrected chi connectivity index (χ4v) is 6.65. The second-order valence-electron chi connectivity index (χ2n) is 9.29. The van der Waals surface area contributed by atoms with E-state index in [0.717, 1.165) is 57.7 Å². The minimum absolute atomic E-state index is 0.355. The Bertz CT molecular complexity index is 862. The van der Waals surface area contributed by atoms with Crippen molar-refractivity contribution in [1.82, 2.24) is 0 Å². The van der Waals surface area contributed by atoms with Gasteiger partial charge in [0.15, 0.2) is 0 Å². The first-order chi connectivity index (χ1) is 14.5. The van der Waals surface area contributed by atoms with E-state index in [2.05, 4.69) is 0 Å². The maximum Gasteiger partial charge on any atom is 0.122 e. The predicted molar refractivity (Wildman–Crippen MR) is 122 cm³/mol. The summed E-state index contributed by atoms with van der Waals surface area (Å²) >= 11 is 0. The van der Waals surface area contributed by atoms with E-state index < -0.39 is 10.8 Å². The largest absolute Gasteiger partial charge is 0.507 e. The van der Waals surface area contributed by atoms with Gasteiger partial charge in [0, 0.05) is 9.79 Å². The van der Waals surface area contributed by atoms with Crippen LogP contribution in [0, 0.1) is 13.8 Å². The molecule has 2 aromatic carbocycles. The molecule has 4 heteroatoms. The van der Waals surface area contributed by atoms with E-state index in [9.17, 15) is 14.4 Å². The average Bonchev–Trinajstić information content (AvgIpc) is 2.78. The van der Waals surface area contributed by atoms with Crippen molar-refractivity contribution >= 4 is 10.8 Å². The number of aryl methyl sites for hydroxylation is 2. The molecule has 2 aromatic rings. The highest BCUT2D eigenvalue weighted by atomic mass is 32.2. The van der Waals surface area contributed by atoms with Crippen LogP contribution in [0.4, 0.5) is 0 Å². The number of rotatable bonds is 4. The zero-order valence-corrected chi connectivity index (χ0v) is 19.1. The Kier molecular flexibility index (Phi) is 6.52. The van der Waals surface area contributed by atoms with E-state index in [-0.39, 0.29) is 0 Å². The topological polar surface area (TPSA) is 57.5 Å². The van der Waals surface area contributed by atoms with Gasteiger partial charge in [-0.2, -0.15) is 0 Å². The lowest BCUT2D eigenvalue weighted by Crippen LogP contribution is -2.08. The molecule has 0 unspecified atom stereocenters. The van der Waals surface area contributed by atoms with Crippen LogP contribution < -0.4 is 0 Å². The van der Waals surface area contributed by atoms with E-state index in [4.69, 9.17) is 0 Å². The van der Waals surface area contributed by atoms with Gasteiger partial charge >= 0.3 is 0 Å². The summed E-state index contributed by atoms with van der Waals surface area (Å²) in [5.41, 5.74) is 3.51. The van der Waals surface area contributed by atoms with Crippen molar-refractivity contribution in [3.8, 4) is 11.5 Å². The standard InChI is InChI=1S/C26H34O3S/c1-17-13-21(15-23(25(17)27)19-9-5-3-6-10-19)30(29)22-14-18(2)26(28)24(16-22)20-11-7-4-8-12-20/h13-16,19-20,27-28H,3-12H2,1-2H3. The SMILES string of the molecule is Cc1cc(S(=O)c2cc(C)c(O)c(C3CCCCC3)c2)cc(C2CCCCC2)c1O. The smallest absolute Gasteiger partial charge is 0.122 e. The van der Waals surface area contributed by atoms with Gasteiger partial charge < -0.3 is 10.2 Å². The zero-order chi connectivity index (χ0) is 21.3. The Labute approximate surface area is 183 Å². The van der Waals surface area contributed by atoms with E-state index in [1.165, 1.54) is 38.5 Å². The second kappa shape index (κ2) is 9.13. The van der Waals surface area contributed by atoms with Gasteiger partial charge in [-0.25, -0.2) is 4.21 Å². The summed E-state index contributed by atoms with van der Waals surface area (Å²) in [6.45, 7) is 3.80. The first kappa shape index (κ1) is 21.4. The maximum absolute atomic E-state index is 13.6. The molecule has 3 nitrogen and oxygen atoms in total. The molecule has 0 aliphatic heterocycles. The lowest BCUT2D eigenvalue weighted by atomic mass is 9.83. The predicted octanol–water partition coefficient (Wildman–Crippen LogP) is 6.98. The van der Waals surface area contributed by atoms with E-state index >= 15 is 0 Å². The molecule has 0 heterocycles. The molecule has 2 saturated carbocycles. The summed E-state index contributed by atoms with van der Waals surface area (Å²) < 4.78 is 13.6. The summed E-state index contributed by atoms with van der Waals surface area (Å²) in [5.74, 6) is 1.45. The average molecular weight is 427 g/mol. The Hall–Kier alpha value is -1.81. The molecular formula is C26H34O3S. The Balaban J connectivity index is 1.70. The Morgan fingerprint density at radius 2 is 1.03 bits per heavy atom. The van der Waals surface area contributed by atoms with Crippen molar-refractivity contribution in [2.24, 2.45) is 0 Å². The zero-order valence-electron chi connectivity index (χ0n) is 18.2. The number of hydrogen-bond donors (Lipinski definition) is 2. The molecule has 0 amide bonds. The lowest BCUT2D eigenvalue weighted by molar-refractivity contribution is 0.411. The highest BCUT2D eigenvalue weighted by Gasteiger charge is 2.24. The van der Waals surface area contributed by atoms with Crippen LogP contribution in [0.3, 0.4) is 0 Å². The van der Waals surface area contributed by atoms with Crippen molar-refractivity contribution in [3.05, 3.63) is 46.5 Å². The molecule has 2 fully saturated rings. The molecule has 2 aliphatic carbocycles. The molecule has 2 aliphatic rings. The van der Waals surface area contributed by atoms with Gasteiger partial charge in [-0.3, -0.25) is 0 Å². The van der Waals surface area contributed by atoms with Gasteiger partial charge in [0.2, 0.25) is 0 Å². The first-order valence-electron chi connectivity index (χ1n) is 11.5. The third-order valence-electron chi connectivity index (χ3n) is 7.13. The molecule has 162 valence electrons. The summed E-state index contributed by atoms with van der Waals surface area (Å²) in [5, 5.41) is 21.4. The molecule has 0 radical (unpaired) electrons. The van der Waals surface area contributed by atoms with Crippen LogP contribution in [0.5, 0.6) is 11.5 Å². The molecule has 0 aromatic heterocycles. The molecule has 30 heavy (non-hydrogen) atoms. The number of aromatic hydroxyl groups is 2. The second-order valence-corrected chi connectivity index (χ2v) is 10.8. The van der Waals surface area contributed by atoms with Crippen LogP contribution in [-0.4, -0.2) is 14.4 Å². The van der Waals surface area contributed by atoms with Crippen molar-refractivity contribution < 1.29 is 14.4 Å². The third kappa shape index (κ3) is 4.30. The molecule has 2 N–H and O–H groups in total. The summed E-state index contributed by atoms with van der Waals surface area (Å²) in [4.78, 5) is 1.51. The van der Waals surface area contributed by atoms with E-state index in [1.807, 2.05) is 38.1 Å². The summed E-state index contributed by atoms with van der Waals surface area (Å²) in [6, 6.07) is 7.66. The van der Waals surface area contributed by atoms with Gasteiger partial charge in [-0.15, -0.1) is 0 Å². The van der Waals surface area contributed by atoms with Gasteiger partial charge in [-0.1, -0.05) is 38.5 Å². The fraction of sp³-hybridized carbons (Fsp3) is 0.538. The van der Waals surface area contributed by atoms with E-state index in [1.54, 1.807) is 0 Å². The quantitative estimate of drug-likeness (QED) is 0.554. The number of hydrogen-bond acceptors (Lipinski definition) is 3. The monoisotopic (exact) mass is 426 g/mol.